The van der Waals surface area contributed by atoms with Gasteiger partial charge in [0.25, 0.3) is 0 Å². The molecule has 1 aromatic carbocycles. The molecule has 0 amide bonds. The predicted molar refractivity (Wildman–Crippen MR) is 60.3 cm³/mol. The first-order valence-electron chi connectivity index (χ1n) is 4.61. The number of anilines is 1. The molecule has 5 heteroatoms. The second-order valence-electron chi connectivity index (χ2n) is 3.63. The van der Waals surface area contributed by atoms with E-state index in [1.807, 2.05) is 6.07 Å². The van der Waals surface area contributed by atoms with Crippen molar-refractivity contribution in [2.45, 2.75) is 19.4 Å². The van der Waals surface area contributed by atoms with Crippen LogP contribution in [0.3, 0.4) is 0 Å². The second-order valence-corrected chi connectivity index (χ2v) is 5.38. The molecule has 0 aliphatic carbocycles. The lowest BCUT2D eigenvalue weighted by Crippen LogP contribution is -2.10. The maximum absolute atomic E-state index is 11.0. The van der Waals surface area contributed by atoms with Crippen molar-refractivity contribution in [3.05, 3.63) is 29.8 Å². The van der Waals surface area contributed by atoms with Crippen LogP contribution in [0.4, 0.5) is 5.69 Å². The molecule has 1 rings (SSSR count). The molecule has 2 N–H and O–H groups in total. The highest BCUT2D eigenvalue weighted by molar-refractivity contribution is 7.92. The van der Waals surface area contributed by atoms with Gasteiger partial charge in [0.2, 0.25) is 10.0 Å². The highest BCUT2D eigenvalue weighted by Gasteiger charge is 2.03. The van der Waals surface area contributed by atoms with Crippen LogP contribution >= 0.6 is 0 Å². The van der Waals surface area contributed by atoms with Gasteiger partial charge in [0.15, 0.2) is 0 Å². The molecule has 15 heavy (non-hydrogen) atoms. The van der Waals surface area contributed by atoms with Crippen LogP contribution in [0.25, 0.3) is 0 Å². The van der Waals surface area contributed by atoms with E-state index in [1.54, 1.807) is 25.1 Å². The van der Waals surface area contributed by atoms with Crippen LogP contribution < -0.4 is 4.72 Å². The summed E-state index contributed by atoms with van der Waals surface area (Å²) in [6.45, 7) is 1.69. The molecule has 1 aromatic rings. The van der Waals surface area contributed by atoms with Crippen molar-refractivity contribution in [2.24, 2.45) is 0 Å². The van der Waals surface area contributed by atoms with Crippen molar-refractivity contribution >= 4 is 15.7 Å². The molecule has 0 fully saturated rings. The normalized spacial score (nSPS) is 13.5. The van der Waals surface area contributed by atoms with E-state index in [4.69, 9.17) is 0 Å². The molecule has 1 unspecified atom stereocenters. The second kappa shape index (κ2) is 4.63. The van der Waals surface area contributed by atoms with Crippen LogP contribution in [0, 0.1) is 0 Å². The fourth-order valence-electron chi connectivity index (χ4n) is 1.32. The van der Waals surface area contributed by atoms with Crippen molar-refractivity contribution in [3.63, 3.8) is 0 Å². The Labute approximate surface area is 90.0 Å². The van der Waals surface area contributed by atoms with Crippen molar-refractivity contribution in [3.8, 4) is 0 Å². The molecule has 0 radical (unpaired) electrons. The summed E-state index contributed by atoms with van der Waals surface area (Å²) in [7, 11) is -3.23. The Balaban J connectivity index is 2.83. The molecular weight excluding hydrogens is 214 g/mol. The highest BCUT2D eigenvalue weighted by Crippen LogP contribution is 2.13. The first-order valence-corrected chi connectivity index (χ1v) is 6.51. The number of nitrogens with one attached hydrogen (secondary N) is 1. The van der Waals surface area contributed by atoms with Crippen molar-refractivity contribution in [1.29, 1.82) is 0 Å². The van der Waals surface area contributed by atoms with Gasteiger partial charge in [-0.1, -0.05) is 12.1 Å². The molecule has 0 saturated carbocycles. The van der Waals surface area contributed by atoms with Crippen LogP contribution in [-0.2, 0) is 16.4 Å². The Kier molecular flexibility index (Phi) is 3.71. The zero-order valence-electron chi connectivity index (χ0n) is 8.77. The van der Waals surface area contributed by atoms with E-state index in [9.17, 15) is 13.5 Å². The van der Waals surface area contributed by atoms with Crippen molar-refractivity contribution in [1.82, 2.24) is 0 Å². The van der Waals surface area contributed by atoms with E-state index >= 15 is 0 Å². The summed E-state index contributed by atoms with van der Waals surface area (Å²) in [4.78, 5) is 0. The topological polar surface area (TPSA) is 66.4 Å². The van der Waals surface area contributed by atoms with Gasteiger partial charge < -0.3 is 5.11 Å². The summed E-state index contributed by atoms with van der Waals surface area (Å²) in [5, 5.41) is 9.19. The third-order valence-corrected chi connectivity index (χ3v) is 2.37. The van der Waals surface area contributed by atoms with Gasteiger partial charge in [0.05, 0.1) is 12.4 Å². The van der Waals surface area contributed by atoms with E-state index in [1.165, 1.54) is 0 Å². The Morgan fingerprint density at radius 3 is 2.67 bits per heavy atom. The molecule has 4 nitrogen and oxygen atoms in total. The summed E-state index contributed by atoms with van der Waals surface area (Å²) >= 11 is 0. The molecular formula is C10H15NO3S. The largest absolute Gasteiger partial charge is 0.393 e. The summed E-state index contributed by atoms with van der Waals surface area (Å²) in [5.41, 5.74) is 1.43. The van der Waals surface area contributed by atoms with Gasteiger partial charge in [-0.15, -0.1) is 0 Å². The van der Waals surface area contributed by atoms with Crippen LogP contribution in [0.15, 0.2) is 24.3 Å². The zero-order valence-corrected chi connectivity index (χ0v) is 9.58. The SMILES string of the molecule is CC(O)Cc1cccc(NS(C)(=O)=O)c1. The standard InChI is InChI=1S/C10H15NO3S/c1-8(12)6-9-4-3-5-10(7-9)11-15(2,13)14/h3-5,7-8,11-12H,6H2,1-2H3. The highest BCUT2D eigenvalue weighted by atomic mass is 32.2. The van der Waals surface area contributed by atoms with Crippen LogP contribution in [0.1, 0.15) is 12.5 Å². The van der Waals surface area contributed by atoms with E-state index in [2.05, 4.69) is 4.72 Å². The molecule has 0 bridgehead atoms. The summed E-state index contributed by atoms with van der Waals surface area (Å²) in [5.74, 6) is 0. The minimum absolute atomic E-state index is 0.432. The van der Waals surface area contributed by atoms with Gasteiger partial charge in [-0.05, 0) is 31.0 Å². The number of hydrogen-bond acceptors (Lipinski definition) is 3. The quantitative estimate of drug-likeness (QED) is 0.809. The van der Waals surface area contributed by atoms with Gasteiger partial charge in [0, 0.05) is 5.69 Å². The van der Waals surface area contributed by atoms with Crippen molar-refractivity contribution < 1.29 is 13.5 Å². The van der Waals surface area contributed by atoms with Crippen molar-refractivity contribution in [2.75, 3.05) is 11.0 Å². The number of rotatable bonds is 4. The minimum Gasteiger partial charge on any atom is -0.393 e. The zero-order chi connectivity index (χ0) is 11.5. The first-order chi connectivity index (χ1) is 6.87. The average Bonchev–Trinajstić information content (AvgIpc) is 1.99. The number of sulfonamides is 1. The monoisotopic (exact) mass is 229 g/mol. The molecule has 1 atom stereocenters. The third-order valence-electron chi connectivity index (χ3n) is 1.76. The molecule has 0 spiro atoms. The lowest BCUT2D eigenvalue weighted by atomic mass is 10.1. The van der Waals surface area contributed by atoms with Gasteiger partial charge in [-0.2, -0.15) is 0 Å². The summed E-state index contributed by atoms with van der Waals surface area (Å²) < 4.78 is 24.3. The average molecular weight is 229 g/mol. The fourth-order valence-corrected chi connectivity index (χ4v) is 1.87. The van der Waals surface area contributed by atoms with Gasteiger partial charge in [0.1, 0.15) is 0 Å². The number of aliphatic hydroxyl groups is 1. The van der Waals surface area contributed by atoms with Gasteiger partial charge >= 0.3 is 0 Å². The lowest BCUT2D eigenvalue weighted by molar-refractivity contribution is 0.195. The fraction of sp³-hybridized carbons (Fsp3) is 0.400. The molecule has 0 saturated heterocycles. The molecule has 0 aliphatic heterocycles. The number of benzene rings is 1. The lowest BCUT2D eigenvalue weighted by Gasteiger charge is -2.07. The van der Waals surface area contributed by atoms with E-state index < -0.39 is 16.1 Å². The Morgan fingerprint density at radius 1 is 1.47 bits per heavy atom. The molecule has 0 aromatic heterocycles. The van der Waals surface area contributed by atoms with Gasteiger partial charge in [-0.3, -0.25) is 4.72 Å². The van der Waals surface area contributed by atoms with Crippen LogP contribution in [0.5, 0.6) is 0 Å². The Bertz CT molecular complexity index is 426. The predicted octanol–water partition coefficient (Wildman–Crippen LogP) is 0.981. The molecule has 0 heterocycles. The van der Waals surface area contributed by atoms with Crippen LogP contribution in [-0.4, -0.2) is 25.9 Å². The van der Waals surface area contributed by atoms with E-state index in [0.29, 0.717) is 12.1 Å². The van der Waals surface area contributed by atoms with Gasteiger partial charge in [-0.25, -0.2) is 8.42 Å². The molecule has 0 aliphatic rings. The maximum Gasteiger partial charge on any atom is 0.229 e. The summed E-state index contributed by atoms with van der Waals surface area (Å²) in [6, 6.07) is 6.99. The van der Waals surface area contributed by atoms with E-state index in [0.717, 1.165) is 11.8 Å². The van der Waals surface area contributed by atoms with Crippen LogP contribution in [0.2, 0.25) is 0 Å². The minimum atomic E-state index is -3.23. The molecule has 84 valence electrons. The first kappa shape index (κ1) is 12.0. The third kappa shape index (κ3) is 4.80. The number of hydrogen-bond donors (Lipinski definition) is 2. The smallest absolute Gasteiger partial charge is 0.229 e. The maximum atomic E-state index is 11.0. The summed E-state index contributed by atoms with van der Waals surface area (Å²) in [6.07, 6.45) is 1.19. The Morgan fingerprint density at radius 2 is 2.13 bits per heavy atom. The van der Waals surface area contributed by atoms with E-state index in [-0.39, 0.29) is 0 Å². The number of aliphatic hydroxyl groups excluding tert-OH is 1. The Hall–Kier alpha value is -1.07.